The average Bonchev–Trinajstić information content (AvgIpc) is 3.21. The quantitative estimate of drug-likeness (QED) is 0.825. The summed E-state index contributed by atoms with van der Waals surface area (Å²) in [6.45, 7) is 0. The van der Waals surface area contributed by atoms with Crippen molar-refractivity contribution in [3.05, 3.63) is 0 Å². The maximum absolute atomic E-state index is 11.9. The van der Waals surface area contributed by atoms with Crippen LogP contribution in [0.1, 0.15) is 44.9 Å². The lowest BCUT2D eigenvalue weighted by Gasteiger charge is -2.28. The molecule has 0 aromatic rings. The Bertz CT molecular complexity index is 487. The molecular formula is C14H24N2O3S. The van der Waals surface area contributed by atoms with Crippen LogP contribution in [0.15, 0.2) is 0 Å². The van der Waals surface area contributed by atoms with Gasteiger partial charge in [0.15, 0.2) is 0 Å². The van der Waals surface area contributed by atoms with Crippen molar-refractivity contribution in [2.75, 3.05) is 6.26 Å². The molecule has 0 aliphatic heterocycles. The summed E-state index contributed by atoms with van der Waals surface area (Å²) in [7, 11) is -2.99. The van der Waals surface area contributed by atoms with Crippen LogP contribution >= 0.6 is 0 Å². The van der Waals surface area contributed by atoms with Crippen molar-refractivity contribution in [2.45, 2.75) is 62.3 Å². The largest absolute Gasteiger partial charge is 0.335 e. The zero-order chi connectivity index (χ0) is 14.3. The van der Waals surface area contributed by atoms with Gasteiger partial charge in [0.05, 0.1) is 5.25 Å². The number of hydrogen-bond donors (Lipinski definition) is 2. The molecular weight excluding hydrogens is 276 g/mol. The van der Waals surface area contributed by atoms with E-state index in [9.17, 15) is 13.2 Å². The molecule has 0 bridgehead atoms. The SMILES string of the molecule is CS(=O)(=O)C1CCCC(NC(=O)N[C@@H]2C[C@H]2C2CC2)C1. The third-order valence-corrected chi connectivity index (χ3v) is 6.59. The van der Waals surface area contributed by atoms with Gasteiger partial charge in [0, 0.05) is 18.3 Å². The molecule has 20 heavy (non-hydrogen) atoms. The number of carbonyl (C=O) groups is 1. The van der Waals surface area contributed by atoms with Gasteiger partial charge in [-0.25, -0.2) is 13.2 Å². The number of urea groups is 1. The van der Waals surface area contributed by atoms with Crippen LogP contribution in [0.5, 0.6) is 0 Å². The van der Waals surface area contributed by atoms with Crippen molar-refractivity contribution in [1.82, 2.24) is 10.6 Å². The van der Waals surface area contributed by atoms with E-state index in [1.807, 2.05) is 0 Å². The molecule has 6 heteroatoms. The Morgan fingerprint density at radius 2 is 1.80 bits per heavy atom. The summed E-state index contributed by atoms with van der Waals surface area (Å²) >= 11 is 0. The molecule has 3 saturated carbocycles. The molecule has 2 amide bonds. The Hall–Kier alpha value is -0.780. The van der Waals surface area contributed by atoms with Crippen molar-refractivity contribution in [1.29, 1.82) is 0 Å². The van der Waals surface area contributed by atoms with Crippen LogP contribution in [0.4, 0.5) is 4.79 Å². The number of sulfone groups is 1. The molecule has 0 radical (unpaired) electrons. The number of nitrogens with one attached hydrogen (secondary N) is 2. The normalized spacial score (nSPS) is 37.2. The summed E-state index contributed by atoms with van der Waals surface area (Å²) < 4.78 is 23.2. The van der Waals surface area contributed by atoms with Gasteiger partial charge in [-0.1, -0.05) is 6.42 Å². The van der Waals surface area contributed by atoms with Crippen molar-refractivity contribution in [3.63, 3.8) is 0 Å². The highest BCUT2D eigenvalue weighted by Gasteiger charge is 2.48. The molecule has 0 aromatic heterocycles. The lowest BCUT2D eigenvalue weighted by atomic mass is 9.95. The van der Waals surface area contributed by atoms with E-state index in [2.05, 4.69) is 10.6 Å². The fourth-order valence-electron chi connectivity index (χ4n) is 3.49. The Labute approximate surface area is 120 Å². The van der Waals surface area contributed by atoms with Gasteiger partial charge < -0.3 is 10.6 Å². The Morgan fingerprint density at radius 3 is 2.45 bits per heavy atom. The summed E-state index contributed by atoms with van der Waals surface area (Å²) in [6, 6.07) is 0.246. The summed E-state index contributed by atoms with van der Waals surface area (Å²) in [5, 5.41) is 5.69. The van der Waals surface area contributed by atoms with Crippen molar-refractivity contribution in [2.24, 2.45) is 11.8 Å². The van der Waals surface area contributed by atoms with Crippen LogP contribution in [0.2, 0.25) is 0 Å². The fraction of sp³-hybridized carbons (Fsp3) is 0.929. The molecule has 0 saturated heterocycles. The highest BCUT2D eigenvalue weighted by atomic mass is 32.2. The highest BCUT2D eigenvalue weighted by Crippen LogP contribution is 2.49. The van der Waals surface area contributed by atoms with E-state index in [-0.39, 0.29) is 17.3 Å². The van der Waals surface area contributed by atoms with E-state index in [1.54, 1.807) is 0 Å². The van der Waals surface area contributed by atoms with E-state index in [0.29, 0.717) is 18.4 Å². The van der Waals surface area contributed by atoms with Crippen LogP contribution < -0.4 is 10.6 Å². The molecule has 5 nitrogen and oxygen atoms in total. The molecule has 114 valence electrons. The van der Waals surface area contributed by atoms with Gasteiger partial charge in [-0.3, -0.25) is 0 Å². The Morgan fingerprint density at radius 1 is 1.05 bits per heavy atom. The average molecular weight is 300 g/mol. The van der Waals surface area contributed by atoms with E-state index in [4.69, 9.17) is 0 Å². The van der Waals surface area contributed by atoms with Gasteiger partial charge in [-0.2, -0.15) is 0 Å². The van der Waals surface area contributed by atoms with Crippen molar-refractivity contribution in [3.8, 4) is 0 Å². The third kappa shape index (κ3) is 3.45. The van der Waals surface area contributed by atoms with Gasteiger partial charge in [0.2, 0.25) is 0 Å². The van der Waals surface area contributed by atoms with E-state index < -0.39 is 9.84 Å². The Kier molecular flexibility index (Phi) is 3.69. The lowest BCUT2D eigenvalue weighted by molar-refractivity contribution is 0.231. The second-order valence-electron chi connectivity index (χ2n) is 6.78. The van der Waals surface area contributed by atoms with Crippen molar-refractivity contribution < 1.29 is 13.2 Å². The first-order valence-corrected chi connectivity index (χ1v) is 9.65. The molecule has 0 aromatic carbocycles. The monoisotopic (exact) mass is 300 g/mol. The number of carbonyl (C=O) groups excluding carboxylic acids is 1. The van der Waals surface area contributed by atoms with Gasteiger partial charge in [0.1, 0.15) is 9.84 Å². The summed E-state index contributed by atoms with van der Waals surface area (Å²) in [6.07, 6.45) is 8.10. The van der Waals surface area contributed by atoms with Crippen molar-refractivity contribution >= 4 is 15.9 Å². The Balaban J connectivity index is 1.44. The first-order valence-electron chi connectivity index (χ1n) is 7.69. The topological polar surface area (TPSA) is 75.3 Å². The minimum absolute atomic E-state index is 0.00148. The fourth-order valence-corrected chi connectivity index (χ4v) is 4.66. The first-order chi connectivity index (χ1) is 9.43. The van der Waals surface area contributed by atoms with E-state index in [0.717, 1.165) is 31.6 Å². The molecule has 2 N–H and O–H groups in total. The predicted molar refractivity (Wildman–Crippen MR) is 77.2 cm³/mol. The maximum Gasteiger partial charge on any atom is 0.315 e. The zero-order valence-corrected chi connectivity index (χ0v) is 12.8. The first kappa shape index (κ1) is 14.2. The standard InChI is InChI=1S/C14H24N2O3S/c1-20(18,19)11-4-2-3-10(7-11)15-14(17)16-13-8-12(13)9-5-6-9/h9-13H,2-8H2,1H3,(H2,15,16,17)/t10?,11?,12-,13+/m0/s1. The molecule has 0 heterocycles. The van der Waals surface area contributed by atoms with Crippen LogP contribution in [0.3, 0.4) is 0 Å². The molecule has 3 aliphatic rings. The van der Waals surface area contributed by atoms with E-state index >= 15 is 0 Å². The smallest absolute Gasteiger partial charge is 0.315 e. The van der Waals surface area contributed by atoms with Crippen LogP contribution in [0, 0.1) is 11.8 Å². The molecule has 3 fully saturated rings. The molecule has 4 atom stereocenters. The molecule has 0 spiro atoms. The number of rotatable bonds is 4. The number of hydrogen-bond acceptors (Lipinski definition) is 3. The second-order valence-corrected chi connectivity index (χ2v) is 9.10. The zero-order valence-electron chi connectivity index (χ0n) is 12.0. The summed E-state index contributed by atoms with van der Waals surface area (Å²) in [5.41, 5.74) is 0. The van der Waals surface area contributed by atoms with Gasteiger partial charge in [-0.15, -0.1) is 0 Å². The van der Waals surface area contributed by atoms with Crippen LogP contribution in [-0.4, -0.2) is 38.0 Å². The lowest BCUT2D eigenvalue weighted by Crippen LogP contribution is -2.46. The second kappa shape index (κ2) is 5.20. The minimum Gasteiger partial charge on any atom is -0.335 e. The van der Waals surface area contributed by atoms with Gasteiger partial charge in [0.25, 0.3) is 0 Å². The maximum atomic E-state index is 11.9. The van der Waals surface area contributed by atoms with Crippen LogP contribution in [0.25, 0.3) is 0 Å². The predicted octanol–water partition coefficient (Wildman–Crippen LogP) is 1.44. The molecule has 3 aliphatic carbocycles. The minimum atomic E-state index is -2.99. The highest BCUT2D eigenvalue weighted by molar-refractivity contribution is 7.91. The molecule has 2 unspecified atom stereocenters. The summed E-state index contributed by atoms with van der Waals surface area (Å²) in [4.78, 5) is 11.9. The van der Waals surface area contributed by atoms with E-state index in [1.165, 1.54) is 19.1 Å². The molecule has 3 rings (SSSR count). The van der Waals surface area contributed by atoms with Gasteiger partial charge in [-0.05, 0) is 50.4 Å². The van der Waals surface area contributed by atoms with Crippen LogP contribution in [-0.2, 0) is 9.84 Å². The number of amides is 2. The summed E-state index contributed by atoms with van der Waals surface area (Å²) in [5.74, 6) is 1.56. The third-order valence-electron chi connectivity index (χ3n) is 4.95. The van der Waals surface area contributed by atoms with Gasteiger partial charge >= 0.3 is 6.03 Å².